The van der Waals surface area contributed by atoms with E-state index < -0.39 is 5.97 Å². The fraction of sp³-hybridized carbons (Fsp3) is 0.364. The molecule has 0 aliphatic heterocycles. The molecule has 2 aromatic heterocycles. The first-order valence-electron chi connectivity index (χ1n) is 5.50. The van der Waals surface area contributed by atoms with Crippen LogP contribution in [0.25, 0.3) is 0 Å². The number of ether oxygens (including phenoxy) is 1. The molecule has 0 fully saturated rings. The van der Waals surface area contributed by atoms with Gasteiger partial charge in [-0.1, -0.05) is 0 Å². The van der Waals surface area contributed by atoms with E-state index in [-0.39, 0.29) is 0 Å². The van der Waals surface area contributed by atoms with Crippen LogP contribution >= 0.6 is 0 Å². The van der Waals surface area contributed by atoms with Crippen molar-refractivity contribution in [3.63, 3.8) is 0 Å². The molecule has 90 valence electrons. The maximum absolute atomic E-state index is 11.7. The molecule has 0 saturated heterocycles. The van der Waals surface area contributed by atoms with E-state index in [2.05, 4.69) is 10.2 Å². The maximum Gasteiger partial charge on any atom is 0.346 e. The van der Waals surface area contributed by atoms with E-state index in [4.69, 9.17) is 4.74 Å². The normalized spacial score (nSPS) is 10.5. The van der Waals surface area contributed by atoms with E-state index in [0.717, 1.165) is 13.1 Å². The lowest BCUT2D eigenvalue weighted by Crippen LogP contribution is -2.07. The summed E-state index contributed by atoms with van der Waals surface area (Å²) in [4.78, 5) is 11.7. The summed E-state index contributed by atoms with van der Waals surface area (Å²) in [6.45, 7) is 5.38. The molecule has 6 nitrogen and oxygen atoms in total. The minimum atomic E-state index is -0.416. The number of hydrogen-bond acceptors (Lipinski definition) is 4. The first kappa shape index (κ1) is 11.4. The molecule has 0 atom stereocenters. The second-order valence-electron chi connectivity index (χ2n) is 3.51. The third-order valence-corrected chi connectivity index (χ3v) is 2.34. The van der Waals surface area contributed by atoms with Gasteiger partial charge in [0, 0.05) is 19.3 Å². The summed E-state index contributed by atoms with van der Waals surface area (Å²) in [5, 5.41) is 8.04. The molecule has 2 heterocycles. The number of esters is 1. The smallest absolute Gasteiger partial charge is 0.346 e. The van der Waals surface area contributed by atoms with Gasteiger partial charge in [0.1, 0.15) is 0 Å². The number of aryl methyl sites for hydroxylation is 2. The van der Waals surface area contributed by atoms with E-state index >= 15 is 0 Å². The van der Waals surface area contributed by atoms with E-state index in [0.29, 0.717) is 11.3 Å². The highest BCUT2D eigenvalue weighted by Crippen LogP contribution is 2.11. The molecule has 0 radical (unpaired) electrons. The summed E-state index contributed by atoms with van der Waals surface area (Å²) in [6.07, 6.45) is 6.36. The van der Waals surface area contributed by atoms with Crippen LogP contribution < -0.4 is 4.74 Å². The second-order valence-corrected chi connectivity index (χ2v) is 3.51. The highest BCUT2D eigenvalue weighted by Gasteiger charge is 2.11. The Hall–Kier alpha value is -2.11. The minimum absolute atomic E-state index is 0.416. The fourth-order valence-corrected chi connectivity index (χ4v) is 1.38. The van der Waals surface area contributed by atoms with Crippen LogP contribution in [0.3, 0.4) is 0 Å². The highest BCUT2D eigenvalue weighted by molar-refractivity contribution is 5.90. The van der Waals surface area contributed by atoms with E-state index in [1.54, 1.807) is 21.8 Å². The molecule has 0 aliphatic carbocycles. The Kier molecular flexibility index (Phi) is 3.22. The number of nitrogens with zero attached hydrogens (tertiary/aromatic N) is 4. The third kappa shape index (κ3) is 2.52. The van der Waals surface area contributed by atoms with Gasteiger partial charge < -0.3 is 4.74 Å². The van der Waals surface area contributed by atoms with Crippen molar-refractivity contribution in [2.24, 2.45) is 0 Å². The first-order valence-corrected chi connectivity index (χ1v) is 5.50. The molecule has 0 saturated carbocycles. The molecule has 0 unspecified atom stereocenters. The van der Waals surface area contributed by atoms with Gasteiger partial charge in [-0.2, -0.15) is 10.2 Å². The Bertz CT molecular complexity index is 515. The Morgan fingerprint density at radius 3 is 2.41 bits per heavy atom. The van der Waals surface area contributed by atoms with Crippen LogP contribution in [0, 0.1) is 0 Å². The van der Waals surface area contributed by atoms with Crippen LogP contribution in [0.2, 0.25) is 0 Å². The zero-order valence-electron chi connectivity index (χ0n) is 9.83. The summed E-state index contributed by atoms with van der Waals surface area (Å²) in [5.74, 6) is 0.0291. The monoisotopic (exact) mass is 234 g/mol. The molecule has 0 amide bonds. The lowest BCUT2D eigenvalue weighted by molar-refractivity contribution is 0.0734. The van der Waals surface area contributed by atoms with Gasteiger partial charge in [-0.15, -0.1) is 0 Å². The zero-order valence-corrected chi connectivity index (χ0v) is 9.83. The Labute approximate surface area is 98.8 Å². The third-order valence-electron chi connectivity index (χ3n) is 2.34. The predicted octanol–water partition coefficient (Wildman–Crippen LogP) is 1.34. The SMILES string of the molecule is CCn1cc(OC(=O)c2cnn(CC)c2)cn1. The van der Waals surface area contributed by atoms with Gasteiger partial charge in [0.2, 0.25) is 0 Å². The van der Waals surface area contributed by atoms with Gasteiger partial charge in [0.15, 0.2) is 5.75 Å². The second kappa shape index (κ2) is 4.82. The summed E-state index contributed by atoms with van der Waals surface area (Å²) < 4.78 is 8.53. The van der Waals surface area contributed by atoms with Crippen LogP contribution in [0.1, 0.15) is 24.2 Å². The average Bonchev–Trinajstić information content (AvgIpc) is 2.96. The number of hydrogen-bond donors (Lipinski definition) is 0. The fourth-order valence-electron chi connectivity index (χ4n) is 1.38. The van der Waals surface area contributed by atoms with Gasteiger partial charge in [-0.3, -0.25) is 9.36 Å². The van der Waals surface area contributed by atoms with Crippen molar-refractivity contribution in [3.8, 4) is 5.75 Å². The van der Waals surface area contributed by atoms with Crippen LogP contribution in [0.5, 0.6) is 5.75 Å². The van der Waals surface area contributed by atoms with E-state index in [9.17, 15) is 4.79 Å². The molecule has 0 bridgehead atoms. The molecular weight excluding hydrogens is 220 g/mol. The van der Waals surface area contributed by atoms with Crippen molar-refractivity contribution in [1.82, 2.24) is 19.6 Å². The van der Waals surface area contributed by atoms with Gasteiger partial charge in [0.25, 0.3) is 0 Å². The van der Waals surface area contributed by atoms with Gasteiger partial charge in [-0.25, -0.2) is 4.79 Å². The maximum atomic E-state index is 11.7. The summed E-state index contributed by atoms with van der Waals surface area (Å²) >= 11 is 0. The molecule has 2 rings (SSSR count). The quantitative estimate of drug-likeness (QED) is 0.749. The topological polar surface area (TPSA) is 61.9 Å². The van der Waals surface area contributed by atoms with Crippen LogP contribution in [-0.2, 0) is 13.1 Å². The Morgan fingerprint density at radius 2 is 1.82 bits per heavy atom. The number of aromatic nitrogens is 4. The average molecular weight is 234 g/mol. The largest absolute Gasteiger partial charge is 0.419 e. The van der Waals surface area contributed by atoms with Gasteiger partial charge in [-0.05, 0) is 13.8 Å². The summed E-state index contributed by atoms with van der Waals surface area (Å²) in [5.41, 5.74) is 0.441. The van der Waals surface area contributed by atoms with Gasteiger partial charge >= 0.3 is 5.97 Å². The van der Waals surface area contributed by atoms with Crippen molar-refractivity contribution < 1.29 is 9.53 Å². The van der Waals surface area contributed by atoms with Crippen LogP contribution in [0.4, 0.5) is 0 Å². The lowest BCUT2D eigenvalue weighted by Gasteiger charge is -1.97. The lowest BCUT2D eigenvalue weighted by atomic mass is 10.4. The van der Waals surface area contributed by atoms with Crippen molar-refractivity contribution in [3.05, 3.63) is 30.4 Å². The van der Waals surface area contributed by atoms with E-state index in [1.807, 2.05) is 13.8 Å². The summed E-state index contributed by atoms with van der Waals surface area (Å²) in [7, 11) is 0. The van der Waals surface area contributed by atoms with E-state index in [1.165, 1.54) is 12.4 Å². The molecule has 0 aliphatic rings. The van der Waals surface area contributed by atoms with Gasteiger partial charge in [0.05, 0.1) is 24.2 Å². The molecule has 6 heteroatoms. The molecule has 2 aromatic rings. The zero-order chi connectivity index (χ0) is 12.3. The number of carbonyl (C=O) groups excluding carboxylic acids is 1. The minimum Gasteiger partial charge on any atom is -0.419 e. The predicted molar refractivity (Wildman–Crippen MR) is 60.8 cm³/mol. The number of carbonyl (C=O) groups is 1. The molecule has 17 heavy (non-hydrogen) atoms. The molecule has 0 N–H and O–H groups in total. The first-order chi connectivity index (χ1) is 8.22. The van der Waals surface area contributed by atoms with Crippen LogP contribution in [0.15, 0.2) is 24.8 Å². The van der Waals surface area contributed by atoms with Crippen molar-refractivity contribution in [2.75, 3.05) is 0 Å². The molecular formula is C11H14N4O2. The summed E-state index contributed by atoms with van der Waals surface area (Å²) in [6, 6.07) is 0. The molecule has 0 spiro atoms. The molecule has 0 aromatic carbocycles. The Morgan fingerprint density at radius 1 is 1.18 bits per heavy atom. The number of rotatable bonds is 4. The van der Waals surface area contributed by atoms with Crippen LogP contribution in [-0.4, -0.2) is 25.5 Å². The standard InChI is InChI=1S/C11H14N4O2/c1-3-14-7-9(5-12-14)11(16)17-10-6-13-15(4-2)8-10/h5-8H,3-4H2,1-2H3. The Balaban J connectivity index is 2.05. The van der Waals surface area contributed by atoms with Crippen molar-refractivity contribution in [1.29, 1.82) is 0 Å². The van der Waals surface area contributed by atoms with Crippen molar-refractivity contribution >= 4 is 5.97 Å². The highest BCUT2D eigenvalue weighted by atomic mass is 16.5. The van der Waals surface area contributed by atoms with Crippen molar-refractivity contribution in [2.45, 2.75) is 26.9 Å².